The first kappa shape index (κ1) is 13.6. The highest BCUT2D eigenvalue weighted by Gasteiger charge is 2.19. The van der Waals surface area contributed by atoms with Crippen LogP contribution in [0.15, 0.2) is 18.2 Å². The molecule has 0 saturated carbocycles. The van der Waals surface area contributed by atoms with Crippen molar-refractivity contribution >= 4 is 45.8 Å². The van der Waals surface area contributed by atoms with Gasteiger partial charge in [0.25, 0.3) is 0 Å². The summed E-state index contributed by atoms with van der Waals surface area (Å²) >= 11 is 8.01. The van der Waals surface area contributed by atoms with Crippen molar-refractivity contribution in [2.45, 2.75) is 19.9 Å². The summed E-state index contributed by atoms with van der Waals surface area (Å²) in [5.41, 5.74) is 0.908. The van der Waals surface area contributed by atoms with Gasteiger partial charge in [-0.15, -0.1) is 0 Å². The van der Waals surface area contributed by atoms with Crippen molar-refractivity contribution in [1.82, 2.24) is 0 Å². The first-order valence-electron chi connectivity index (χ1n) is 4.86. The highest BCUT2D eigenvalue weighted by Crippen LogP contribution is 2.23. The molecule has 0 radical (unpaired) electrons. The Kier molecular flexibility index (Phi) is 4.86. The number of aliphatic carboxylic acids is 1. The zero-order valence-corrected chi connectivity index (χ0v) is 11.9. The minimum Gasteiger partial charge on any atom is -0.481 e. The van der Waals surface area contributed by atoms with Gasteiger partial charge in [-0.1, -0.05) is 11.6 Å². The Labute approximate surface area is 113 Å². The molecule has 3 nitrogen and oxygen atoms in total. The molecular weight excluding hydrogens is 340 g/mol. The van der Waals surface area contributed by atoms with Crippen molar-refractivity contribution in [3.8, 4) is 0 Å². The third kappa shape index (κ3) is 3.52. The Morgan fingerprint density at radius 2 is 2.12 bits per heavy atom. The molecule has 0 fully saturated rings. The van der Waals surface area contributed by atoms with Crippen LogP contribution in [0.4, 0.5) is 5.69 Å². The molecule has 0 bridgehead atoms. The molecule has 1 aromatic carbocycles. The number of hydrogen-bond donors (Lipinski definition) is 2. The van der Waals surface area contributed by atoms with Gasteiger partial charge in [-0.2, -0.15) is 0 Å². The summed E-state index contributed by atoms with van der Waals surface area (Å²) in [5, 5.41) is 12.7. The van der Waals surface area contributed by atoms with E-state index < -0.39 is 11.9 Å². The summed E-state index contributed by atoms with van der Waals surface area (Å²) in [6.45, 7) is 3.53. The van der Waals surface area contributed by atoms with E-state index in [1.807, 2.05) is 19.1 Å². The van der Waals surface area contributed by atoms with Crippen LogP contribution in [0, 0.1) is 9.49 Å². The standard InChI is InChI=1S/C11H13ClINO2/c1-6(11(15)16)7(2)14-10-4-3-8(12)5-9(10)13/h3-7,14H,1-2H3,(H,15,16). The van der Waals surface area contributed by atoms with E-state index in [0.717, 1.165) is 9.26 Å². The van der Waals surface area contributed by atoms with Gasteiger partial charge in [0.2, 0.25) is 0 Å². The monoisotopic (exact) mass is 353 g/mol. The van der Waals surface area contributed by atoms with Crippen LogP contribution >= 0.6 is 34.2 Å². The third-order valence-electron chi connectivity index (χ3n) is 2.45. The van der Waals surface area contributed by atoms with Gasteiger partial charge in [-0.3, -0.25) is 4.79 Å². The van der Waals surface area contributed by atoms with Crippen molar-refractivity contribution in [2.75, 3.05) is 5.32 Å². The molecule has 0 spiro atoms. The van der Waals surface area contributed by atoms with Crippen LogP contribution in [0.3, 0.4) is 0 Å². The highest BCUT2D eigenvalue weighted by molar-refractivity contribution is 14.1. The molecule has 0 aliphatic carbocycles. The second kappa shape index (κ2) is 5.72. The Balaban J connectivity index is 2.77. The lowest BCUT2D eigenvalue weighted by Gasteiger charge is -2.20. The maximum absolute atomic E-state index is 10.8. The van der Waals surface area contributed by atoms with Gasteiger partial charge in [0.1, 0.15) is 0 Å². The molecule has 5 heteroatoms. The second-order valence-electron chi connectivity index (χ2n) is 3.68. The zero-order valence-electron chi connectivity index (χ0n) is 9.00. The van der Waals surface area contributed by atoms with Crippen LogP contribution in [0.2, 0.25) is 5.02 Å². The fourth-order valence-corrected chi connectivity index (χ4v) is 2.22. The summed E-state index contributed by atoms with van der Waals surface area (Å²) in [5.74, 6) is -1.24. The molecule has 0 aliphatic heterocycles. The number of carbonyl (C=O) groups is 1. The topological polar surface area (TPSA) is 49.3 Å². The van der Waals surface area contributed by atoms with E-state index in [-0.39, 0.29) is 6.04 Å². The predicted octanol–water partition coefficient (Wildman–Crippen LogP) is 3.47. The molecule has 16 heavy (non-hydrogen) atoms. The molecule has 0 amide bonds. The number of halogens is 2. The average Bonchev–Trinajstić information content (AvgIpc) is 2.20. The van der Waals surface area contributed by atoms with Crippen molar-refractivity contribution in [2.24, 2.45) is 5.92 Å². The number of hydrogen-bond acceptors (Lipinski definition) is 2. The molecule has 0 aromatic heterocycles. The maximum atomic E-state index is 10.8. The van der Waals surface area contributed by atoms with E-state index in [1.54, 1.807) is 13.0 Å². The number of anilines is 1. The van der Waals surface area contributed by atoms with Gasteiger partial charge in [-0.05, 0) is 54.6 Å². The summed E-state index contributed by atoms with van der Waals surface area (Å²) < 4.78 is 0.981. The molecule has 2 unspecified atom stereocenters. The summed E-state index contributed by atoms with van der Waals surface area (Å²) in [4.78, 5) is 10.8. The fourth-order valence-electron chi connectivity index (χ4n) is 1.19. The van der Waals surface area contributed by atoms with Gasteiger partial charge >= 0.3 is 5.97 Å². The first-order chi connectivity index (χ1) is 7.41. The normalized spacial score (nSPS) is 14.2. The van der Waals surface area contributed by atoms with Gasteiger partial charge in [0.05, 0.1) is 5.92 Å². The second-order valence-corrected chi connectivity index (χ2v) is 5.28. The molecule has 2 atom stereocenters. The van der Waals surface area contributed by atoms with Crippen molar-refractivity contribution in [1.29, 1.82) is 0 Å². The lowest BCUT2D eigenvalue weighted by atomic mass is 10.0. The molecule has 0 saturated heterocycles. The molecule has 1 aromatic rings. The number of carboxylic acids is 1. The van der Waals surface area contributed by atoms with Crippen LogP contribution in [0.5, 0.6) is 0 Å². The lowest BCUT2D eigenvalue weighted by Crippen LogP contribution is -2.29. The number of carboxylic acid groups (broad SMARTS) is 1. The van der Waals surface area contributed by atoms with Crippen LogP contribution in [-0.4, -0.2) is 17.1 Å². The number of benzene rings is 1. The van der Waals surface area contributed by atoms with Crippen molar-refractivity contribution in [3.05, 3.63) is 26.8 Å². The van der Waals surface area contributed by atoms with E-state index >= 15 is 0 Å². The largest absolute Gasteiger partial charge is 0.481 e. The smallest absolute Gasteiger partial charge is 0.308 e. The van der Waals surface area contributed by atoms with Gasteiger partial charge in [0.15, 0.2) is 0 Å². The quantitative estimate of drug-likeness (QED) is 0.815. The molecule has 2 N–H and O–H groups in total. The van der Waals surface area contributed by atoms with Crippen molar-refractivity contribution in [3.63, 3.8) is 0 Å². The van der Waals surface area contributed by atoms with E-state index in [4.69, 9.17) is 16.7 Å². The SMILES string of the molecule is CC(Nc1ccc(Cl)cc1I)C(C)C(=O)O. The Morgan fingerprint density at radius 1 is 1.50 bits per heavy atom. The van der Waals surface area contributed by atoms with E-state index in [1.165, 1.54) is 0 Å². The Morgan fingerprint density at radius 3 is 2.62 bits per heavy atom. The molecule has 1 rings (SSSR count). The van der Waals surface area contributed by atoms with E-state index in [0.29, 0.717) is 5.02 Å². The molecule has 0 heterocycles. The van der Waals surface area contributed by atoms with Crippen molar-refractivity contribution < 1.29 is 9.90 Å². The van der Waals surface area contributed by atoms with E-state index in [2.05, 4.69) is 27.9 Å². The highest BCUT2D eigenvalue weighted by atomic mass is 127. The van der Waals surface area contributed by atoms with Gasteiger partial charge in [0, 0.05) is 20.3 Å². The number of rotatable bonds is 4. The van der Waals surface area contributed by atoms with Crippen LogP contribution in [0.1, 0.15) is 13.8 Å². The van der Waals surface area contributed by atoms with Crippen LogP contribution in [-0.2, 0) is 4.79 Å². The molecule has 0 aliphatic rings. The minimum atomic E-state index is -0.802. The zero-order chi connectivity index (χ0) is 12.3. The number of nitrogens with one attached hydrogen (secondary N) is 1. The average molecular weight is 354 g/mol. The maximum Gasteiger partial charge on any atom is 0.308 e. The Hall–Kier alpha value is -0.490. The fraction of sp³-hybridized carbons (Fsp3) is 0.364. The molecule has 88 valence electrons. The third-order valence-corrected chi connectivity index (χ3v) is 3.58. The lowest BCUT2D eigenvalue weighted by molar-refractivity contribution is -0.141. The summed E-state index contributed by atoms with van der Waals surface area (Å²) in [6.07, 6.45) is 0. The summed E-state index contributed by atoms with van der Waals surface area (Å²) in [7, 11) is 0. The van der Waals surface area contributed by atoms with Crippen LogP contribution < -0.4 is 5.32 Å². The van der Waals surface area contributed by atoms with Crippen LogP contribution in [0.25, 0.3) is 0 Å². The Bertz CT molecular complexity index is 398. The minimum absolute atomic E-state index is 0.132. The van der Waals surface area contributed by atoms with Gasteiger partial charge < -0.3 is 10.4 Å². The van der Waals surface area contributed by atoms with Gasteiger partial charge in [-0.25, -0.2) is 0 Å². The van der Waals surface area contributed by atoms with E-state index in [9.17, 15) is 4.79 Å². The first-order valence-corrected chi connectivity index (χ1v) is 6.32. The molecular formula is C11H13ClINO2. The predicted molar refractivity (Wildman–Crippen MR) is 74.1 cm³/mol. The summed E-state index contributed by atoms with van der Waals surface area (Å²) in [6, 6.07) is 5.34.